The molecule has 0 radical (unpaired) electrons. The number of hydrogen-bond acceptors (Lipinski definition) is 2. The van der Waals surface area contributed by atoms with Crippen molar-refractivity contribution >= 4 is 18.5 Å². The molecule has 0 aliphatic carbocycles. The lowest BCUT2D eigenvalue weighted by atomic mass is 9.86. The molecule has 2 nitrogen and oxygen atoms in total. The molecule has 0 aromatic heterocycles. The fourth-order valence-electron chi connectivity index (χ4n) is 1.69. The summed E-state index contributed by atoms with van der Waals surface area (Å²) in [6, 6.07) is 0.188. The van der Waals surface area contributed by atoms with Gasteiger partial charge in [-0.05, 0) is 18.8 Å². The normalized spacial score (nSPS) is 14.7. The first kappa shape index (κ1) is 15.8. The van der Waals surface area contributed by atoms with E-state index in [1.165, 1.54) is 0 Å². The highest BCUT2D eigenvalue weighted by molar-refractivity contribution is 7.81. The predicted octanol–water partition coefficient (Wildman–Crippen LogP) is 3.42. The molecule has 0 saturated carbocycles. The van der Waals surface area contributed by atoms with E-state index >= 15 is 0 Å². The number of carbonyl (C=O) groups is 1. The molecule has 0 spiro atoms. The van der Waals surface area contributed by atoms with Crippen molar-refractivity contribution in [3.8, 4) is 0 Å². The molecular formula is C13H27NOS. The summed E-state index contributed by atoms with van der Waals surface area (Å²) >= 11 is 4.47. The third-order valence-corrected chi connectivity index (χ3v) is 2.99. The Kier molecular flexibility index (Phi) is 5.88. The van der Waals surface area contributed by atoms with E-state index < -0.39 is 0 Å². The maximum atomic E-state index is 11.8. The van der Waals surface area contributed by atoms with Gasteiger partial charge in [0.15, 0.2) is 0 Å². The monoisotopic (exact) mass is 245 g/mol. The highest BCUT2D eigenvalue weighted by atomic mass is 32.1. The number of hydrogen-bond donors (Lipinski definition) is 2. The molecule has 0 heterocycles. The van der Waals surface area contributed by atoms with Crippen LogP contribution in [0.3, 0.4) is 0 Å². The number of nitrogens with one attached hydrogen (secondary N) is 1. The van der Waals surface area contributed by atoms with Gasteiger partial charge in [-0.15, -0.1) is 0 Å². The van der Waals surface area contributed by atoms with Crippen molar-refractivity contribution in [1.29, 1.82) is 0 Å². The lowest BCUT2D eigenvalue weighted by molar-refractivity contribution is -0.123. The second kappa shape index (κ2) is 5.95. The zero-order valence-corrected chi connectivity index (χ0v) is 12.4. The summed E-state index contributed by atoms with van der Waals surface area (Å²) < 4.78 is -0.0348. The van der Waals surface area contributed by atoms with Crippen molar-refractivity contribution in [3.63, 3.8) is 0 Å². The zero-order chi connectivity index (χ0) is 13.0. The minimum Gasteiger partial charge on any atom is -0.354 e. The third kappa shape index (κ3) is 8.03. The van der Waals surface area contributed by atoms with Crippen molar-refractivity contribution < 1.29 is 4.79 Å². The van der Waals surface area contributed by atoms with Crippen molar-refractivity contribution in [2.75, 3.05) is 0 Å². The Hall–Kier alpha value is -0.180. The number of carbonyl (C=O) groups excluding carboxylic acids is 1. The van der Waals surface area contributed by atoms with Crippen molar-refractivity contribution in [3.05, 3.63) is 0 Å². The van der Waals surface area contributed by atoms with Crippen LogP contribution in [0.25, 0.3) is 0 Å². The highest BCUT2D eigenvalue weighted by Crippen LogP contribution is 2.24. The predicted molar refractivity (Wildman–Crippen MR) is 74.0 cm³/mol. The van der Waals surface area contributed by atoms with Crippen LogP contribution in [0.2, 0.25) is 0 Å². The van der Waals surface area contributed by atoms with Gasteiger partial charge >= 0.3 is 0 Å². The molecule has 0 aromatic rings. The number of rotatable bonds is 6. The Morgan fingerprint density at radius 1 is 1.31 bits per heavy atom. The molecule has 1 amide bonds. The van der Waals surface area contributed by atoms with E-state index in [4.69, 9.17) is 0 Å². The van der Waals surface area contributed by atoms with Gasteiger partial charge < -0.3 is 5.32 Å². The van der Waals surface area contributed by atoms with Gasteiger partial charge in [0, 0.05) is 17.2 Å². The first-order chi connectivity index (χ1) is 7.06. The van der Waals surface area contributed by atoms with E-state index in [9.17, 15) is 4.79 Å². The van der Waals surface area contributed by atoms with Gasteiger partial charge in [-0.2, -0.15) is 12.6 Å². The molecule has 0 bridgehead atoms. The van der Waals surface area contributed by atoms with Gasteiger partial charge in [0.25, 0.3) is 0 Å². The quantitative estimate of drug-likeness (QED) is 0.690. The molecule has 1 atom stereocenters. The molecule has 0 fully saturated rings. The van der Waals surface area contributed by atoms with Gasteiger partial charge in [0.1, 0.15) is 0 Å². The van der Waals surface area contributed by atoms with Gasteiger partial charge in [0.05, 0.1) is 0 Å². The van der Waals surface area contributed by atoms with Crippen LogP contribution in [0.1, 0.15) is 60.8 Å². The Morgan fingerprint density at radius 3 is 2.19 bits per heavy atom. The summed E-state index contributed by atoms with van der Waals surface area (Å²) in [4.78, 5) is 11.8. The first-order valence-electron chi connectivity index (χ1n) is 6.07. The van der Waals surface area contributed by atoms with E-state index in [1.807, 2.05) is 6.92 Å². The lowest BCUT2D eigenvalue weighted by Gasteiger charge is -2.26. The third-order valence-electron chi connectivity index (χ3n) is 2.81. The lowest BCUT2D eigenvalue weighted by Crippen LogP contribution is -2.38. The summed E-state index contributed by atoms with van der Waals surface area (Å²) in [6.45, 7) is 12.5. The second-order valence-corrected chi connectivity index (χ2v) is 7.39. The summed E-state index contributed by atoms with van der Waals surface area (Å²) in [5.41, 5.74) is 0.0975. The number of thiol groups is 1. The van der Waals surface area contributed by atoms with Crippen LogP contribution in [0.5, 0.6) is 0 Å². The minimum absolute atomic E-state index is 0.0348. The molecule has 0 saturated heterocycles. The molecule has 16 heavy (non-hydrogen) atoms. The molecule has 96 valence electrons. The van der Waals surface area contributed by atoms with Gasteiger partial charge in [-0.25, -0.2) is 0 Å². The standard InChI is InChI=1S/C13H27NOS/c1-7-12(3,4)9-11(15)14-10(2)8-13(5,6)16/h10,16H,7-9H2,1-6H3,(H,14,15). The van der Waals surface area contributed by atoms with E-state index in [0.29, 0.717) is 6.42 Å². The van der Waals surface area contributed by atoms with Crippen LogP contribution in [-0.4, -0.2) is 16.7 Å². The average molecular weight is 245 g/mol. The van der Waals surface area contributed by atoms with E-state index in [0.717, 1.165) is 12.8 Å². The Bertz CT molecular complexity index is 231. The molecule has 0 rings (SSSR count). The van der Waals surface area contributed by atoms with Crippen LogP contribution >= 0.6 is 12.6 Å². The fourth-order valence-corrected chi connectivity index (χ4v) is 1.96. The average Bonchev–Trinajstić information content (AvgIpc) is 1.98. The number of amides is 1. The molecule has 0 aliphatic rings. The first-order valence-corrected chi connectivity index (χ1v) is 6.52. The Labute approximate surface area is 106 Å². The highest BCUT2D eigenvalue weighted by Gasteiger charge is 2.22. The van der Waals surface area contributed by atoms with Crippen molar-refractivity contribution in [2.24, 2.45) is 5.41 Å². The van der Waals surface area contributed by atoms with Crippen LogP contribution in [0.15, 0.2) is 0 Å². The SMILES string of the molecule is CCC(C)(C)CC(=O)NC(C)CC(C)(C)S. The van der Waals surface area contributed by atoms with Crippen LogP contribution in [-0.2, 0) is 4.79 Å². The van der Waals surface area contributed by atoms with Crippen LogP contribution in [0.4, 0.5) is 0 Å². The fraction of sp³-hybridized carbons (Fsp3) is 0.923. The molecule has 1 N–H and O–H groups in total. The minimum atomic E-state index is -0.0348. The van der Waals surface area contributed by atoms with Gasteiger partial charge in [0.2, 0.25) is 5.91 Å². The largest absolute Gasteiger partial charge is 0.354 e. The van der Waals surface area contributed by atoms with E-state index in [2.05, 4.69) is 52.6 Å². The Balaban J connectivity index is 4.06. The molecule has 1 unspecified atom stereocenters. The van der Waals surface area contributed by atoms with Crippen molar-refractivity contribution in [2.45, 2.75) is 71.6 Å². The summed E-state index contributed by atoms with van der Waals surface area (Å²) in [5.74, 6) is 0.150. The molecular weight excluding hydrogens is 218 g/mol. The van der Waals surface area contributed by atoms with E-state index in [-0.39, 0.29) is 22.1 Å². The van der Waals surface area contributed by atoms with Crippen LogP contribution < -0.4 is 5.32 Å². The van der Waals surface area contributed by atoms with E-state index in [1.54, 1.807) is 0 Å². The smallest absolute Gasteiger partial charge is 0.220 e. The zero-order valence-electron chi connectivity index (χ0n) is 11.6. The summed E-state index contributed by atoms with van der Waals surface area (Å²) in [5, 5.41) is 3.04. The summed E-state index contributed by atoms with van der Waals surface area (Å²) in [6.07, 6.45) is 2.50. The maximum absolute atomic E-state index is 11.8. The van der Waals surface area contributed by atoms with Crippen molar-refractivity contribution in [1.82, 2.24) is 5.32 Å². The van der Waals surface area contributed by atoms with Gasteiger partial charge in [-0.3, -0.25) is 4.79 Å². The molecule has 3 heteroatoms. The Morgan fingerprint density at radius 2 is 1.81 bits per heavy atom. The second-order valence-electron chi connectivity index (χ2n) is 6.18. The molecule has 0 aliphatic heterocycles. The van der Waals surface area contributed by atoms with Crippen LogP contribution in [0, 0.1) is 5.41 Å². The maximum Gasteiger partial charge on any atom is 0.220 e. The van der Waals surface area contributed by atoms with Gasteiger partial charge in [-0.1, -0.05) is 41.0 Å². The molecule has 0 aromatic carbocycles. The summed E-state index contributed by atoms with van der Waals surface area (Å²) in [7, 11) is 0. The topological polar surface area (TPSA) is 29.1 Å².